The molecule has 2 rings (SSSR count). The molecule has 0 heterocycles. The predicted octanol–water partition coefficient (Wildman–Crippen LogP) is 3.86. The summed E-state index contributed by atoms with van der Waals surface area (Å²) < 4.78 is 18.5. The number of hydrogen-bond donors (Lipinski definition) is 0. The minimum atomic E-state index is -0.355. The first-order chi connectivity index (χ1) is 10.6. The van der Waals surface area contributed by atoms with Crippen molar-refractivity contribution in [2.75, 3.05) is 19.9 Å². The summed E-state index contributed by atoms with van der Waals surface area (Å²) >= 11 is 1.53. The molecule has 0 aliphatic heterocycles. The van der Waals surface area contributed by atoms with E-state index in [1.165, 1.54) is 44.2 Å². The molecule has 0 spiro atoms. The van der Waals surface area contributed by atoms with E-state index < -0.39 is 0 Å². The van der Waals surface area contributed by atoms with Crippen LogP contribution in [-0.4, -0.2) is 36.8 Å². The quantitative estimate of drug-likeness (QED) is 0.795. The number of amides is 1. The molecule has 0 atom stereocenters. The van der Waals surface area contributed by atoms with Crippen LogP contribution in [0.1, 0.15) is 37.7 Å². The van der Waals surface area contributed by atoms with Crippen molar-refractivity contribution in [1.29, 1.82) is 0 Å². The highest BCUT2D eigenvalue weighted by atomic mass is 32.2. The zero-order valence-electron chi connectivity index (χ0n) is 13.3. The summed E-state index contributed by atoms with van der Waals surface area (Å²) in [7, 11) is 3.36. The molecule has 0 unspecified atom stereocenters. The van der Waals surface area contributed by atoms with Gasteiger partial charge in [0.15, 0.2) is 11.6 Å². The molecular formula is C17H24FNO2S. The topological polar surface area (TPSA) is 29.5 Å². The van der Waals surface area contributed by atoms with Crippen LogP contribution in [0.2, 0.25) is 0 Å². The lowest BCUT2D eigenvalue weighted by atomic mass is 9.94. The number of ether oxygens (including phenoxy) is 1. The average Bonchev–Trinajstić information content (AvgIpc) is 2.55. The first-order valence-electron chi connectivity index (χ1n) is 7.77. The number of nitrogens with zero attached hydrogens (tertiary/aromatic N) is 1. The number of halogens is 1. The summed E-state index contributed by atoms with van der Waals surface area (Å²) in [5.41, 5.74) is 0.872. The zero-order chi connectivity index (χ0) is 15.9. The Morgan fingerprint density at radius 1 is 1.36 bits per heavy atom. The van der Waals surface area contributed by atoms with Crippen molar-refractivity contribution < 1.29 is 13.9 Å². The Kier molecular flexibility index (Phi) is 6.55. The molecule has 1 aliphatic carbocycles. The van der Waals surface area contributed by atoms with Gasteiger partial charge in [0.1, 0.15) is 0 Å². The lowest BCUT2D eigenvalue weighted by Crippen LogP contribution is -2.39. The summed E-state index contributed by atoms with van der Waals surface area (Å²) in [6.45, 7) is 0. The Morgan fingerprint density at radius 3 is 2.73 bits per heavy atom. The van der Waals surface area contributed by atoms with Gasteiger partial charge in [-0.15, -0.1) is 11.8 Å². The van der Waals surface area contributed by atoms with E-state index in [1.807, 2.05) is 18.0 Å². The SMILES string of the molecule is COc1ccc(CSCC(=O)N(C)C2CCCCC2)cc1F. The maximum Gasteiger partial charge on any atom is 0.232 e. The fourth-order valence-electron chi connectivity index (χ4n) is 2.83. The molecule has 1 saturated carbocycles. The minimum Gasteiger partial charge on any atom is -0.494 e. The molecule has 1 aromatic rings. The van der Waals surface area contributed by atoms with Crippen molar-refractivity contribution in [3.8, 4) is 5.75 Å². The predicted molar refractivity (Wildman–Crippen MR) is 88.8 cm³/mol. The molecule has 1 amide bonds. The van der Waals surface area contributed by atoms with E-state index in [9.17, 15) is 9.18 Å². The molecule has 3 nitrogen and oxygen atoms in total. The molecule has 1 aromatic carbocycles. The molecule has 1 fully saturated rings. The number of rotatable bonds is 6. The van der Waals surface area contributed by atoms with Crippen molar-refractivity contribution >= 4 is 17.7 Å². The maximum absolute atomic E-state index is 13.6. The van der Waals surface area contributed by atoms with E-state index in [-0.39, 0.29) is 17.5 Å². The Bertz CT molecular complexity index is 503. The van der Waals surface area contributed by atoms with Gasteiger partial charge in [0, 0.05) is 18.8 Å². The Morgan fingerprint density at radius 2 is 2.09 bits per heavy atom. The fourth-order valence-corrected chi connectivity index (χ4v) is 3.73. The lowest BCUT2D eigenvalue weighted by Gasteiger charge is -2.31. The van der Waals surface area contributed by atoms with Crippen molar-refractivity contribution in [3.63, 3.8) is 0 Å². The van der Waals surface area contributed by atoms with E-state index in [4.69, 9.17) is 4.74 Å². The molecule has 0 saturated heterocycles. The average molecular weight is 325 g/mol. The first kappa shape index (κ1) is 17.1. The number of carbonyl (C=O) groups is 1. The standard InChI is InChI=1S/C17H24FNO2S/c1-19(14-6-4-3-5-7-14)17(20)12-22-11-13-8-9-16(21-2)15(18)10-13/h8-10,14H,3-7,11-12H2,1-2H3. The highest BCUT2D eigenvalue weighted by Gasteiger charge is 2.21. The zero-order valence-corrected chi connectivity index (χ0v) is 14.1. The van der Waals surface area contributed by atoms with E-state index in [0.717, 1.165) is 18.4 Å². The number of carbonyl (C=O) groups excluding carboxylic acids is 1. The van der Waals surface area contributed by atoms with E-state index >= 15 is 0 Å². The summed E-state index contributed by atoms with van der Waals surface area (Å²) in [5.74, 6) is 1.14. The number of benzene rings is 1. The van der Waals surface area contributed by atoms with Crippen LogP contribution in [0.5, 0.6) is 5.75 Å². The van der Waals surface area contributed by atoms with Gasteiger partial charge in [-0.1, -0.05) is 25.3 Å². The molecule has 1 aliphatic rings. The van der Waals surface area contributed by atoms with Gasteiger partial charge in [0.25, 0.3) is 0 Å². The normalized spacial score (nSPS) is 15.6. The second-order valence-corrected chi connectivity index (χ2v) is 6.74. The van der Waals surface area contributed by atoms with Gasteiger partial charge < -0.3 is 9.64 Å². The molecule has 22 heavy (non-hydrogen) atoms. The molecule has 122 valence electrons. The van der Waals surface area contributed by atoms with Gasteiger partial charge in [-0.05, 0) is 30.5 Å². The van der Waals surface area contributed by atoms with Crippen molar-refractivity contribution in [3.05, 3.63) is 29.6 Å². The number of methoxy groups -OCH3 is 1. The molecule has 0 radical (unpaired) electrons. The van der Waals surface area contributed by atoms with Gasteiger partial charge in [-0.25, -0.2) is 4.39 Å². The Hall–Kier alpha value is -1.23. The van der Waals surface area contributed by atoms with Gasteiger partial charge in [-0.3, -0.25) is 4.79 Å². The van der Waals surface area contributed by atoms with Crippen molar-refractivity contribution in [2.45, 2.75) is 43.9 Å². The van der Waals surface area contributed by atoms with Crippen LogP contribution in [0.4, 0.5) is 4.39 Å². The van der Waals surface area contributed by atoms with Crippen molar-refractivity contribution in [2.24, 2.45) is 0 Å². The molecule has 0 N–H and O–H groups in total. The van der Waals surface area contributed by atoms with Crippen LogP contribution in [0, 0.1) is 5.82 Å². The van der Waals surface area contributed by atoms with Gasteiger partial charge >= 0.3 is 0 Å². The summed E-state index contributed by atoms with van der Waals surface area (Å²) in [5, 5.41) is 0. The van der Waals surface area contributed by atoms with E-state index in [2.05, 4.69) is 0 Å². The number of hydrogen-bond acceptors (Lipinski definition) is 3. The van der Waals surface area contributed by atoms with Gasteiger partial charge in [-0.2, -0.15) is 0 Å². The summed E-state index contributed by atoms with van der Waals surface area (Å²) in [6.07, 6.45) is 5.98. The summed E-state index contributed by atoms with van der Waals surface area (Å²) in [4.78, 5) is 14.1. The largest absolute Gasteiger partial charge is 0.494 e. The van der Waals surface area contributed by atoms with E-state index in [1.54, 1.807) is 6.07 Å². The van der Waals surface area contributed by atoms with Crippen LogP contribution in [0.15, 0.2) is 18.2 Å². The van der Waals surface area contributed by atoms with Crippen molar-refractivity contribution in [1.82, 2.24) is 4.90 Å². The summed E-state index contributed by atoms with van der Waals surface area (Å²) in [6, 6.07) is 5.34. The third-order valence-electron chi connectivity index (χ3n) is 4.23. The molecule has 5 heteroatoms. The van der Waals surface area contributed by atoms with Crippen LogP contribution in [0.3, 0.4) is 0 Å². The second kappa shape index (κ2) is 8.42. The Labute approximate surface area is 136 Å². The minimum absolute atomic E-state index is 0.172. The highest BCUT2D eigenvalue weighted by molar-refractivity contribution is 7.99. The number of thioether (sulfide) groups is 1. The second-order valence-electron chi connectivity index (χ2n) is 5.76. The van der Waals surface area contributed by atoms with Crippen LogP contribution < -0.4 is 4.74 Å². The third kappa shape index (κ3) is 4.63. The highest BCUT2D eigenvalue weighted by Crippen LogP contribution is 2.23. The van der Waals surface area contributed by atoms with Crippen LogP contribution >= 0.6 is 11.8 Å². The first-order valence-corrected chi connectivity index (χ1v) is 8.93. The molecule has 0 bridgehead atoms. The Balaban J connectivity index is 1.77. The van der Waals surface area contributed by atoms with Gasteiger partial charge in [0.05, 0.1) is 12.9 Å². The molecular weight excluding hydrogens is 301 g/mol. The van der Waals surface area contributed by atoms with Crippen LogP contribution in [-0.2, 0) is 10.5 Å². The lowest BCUT2D eigenvalue weighted by molar-refractivity contribution is -0.129. The molecule has 0 aromatic heterocycles. The monoisotopic (exact) mass is 325 g/mol. The smallest absolute Gasteiger partial charge is 0.232 e. The third-order valence-corrected chi connectivity index (χ3v) is 5.21. The van der Waals surface area contributed by atoms with Crippen LogP contribution in [0.25, 0.3) is 0 Å². The van der Waals surface area contributed by atoms with Gasteiger partial charge in [0.2, 0.25) is 5.91 Å². The maximum atomic E-state index is 13.6. The van der Waals surface area contributed by atoms with E-state index in [0.29, 0.717) is 17.5 Å². The fraction of sp³-hybridized carbons (Fsp3) is 0.588.